The summed E-state index contributed by atoms with van der Waals surface area (Å²) in [6.45, 7) is 5.84. The number of sulfonamides is 1. The number of aliphatic hydroxyl groups is 1. The number of nitrogens with one attached hydrogen (secondary N) is 1. The van der Waals surface area contributed by atoms with Crippen LogP contribution in [0, 0.1) is 5.41 Å². The monoisotopic (exact) mass is 285 g/mol. The van der Waals surface area contributed by atoms with Crippen molar-refractivity contribution in [2.75, 3.05) is 13.2 Å². The molecule has 4 nitrogen and oxygen atoms in total. The van der Waals surface area contributed by atoms with Gasteiger partial charge in [0, 0.05) is 18.6 Å². The maximum atomic E-state index is 12.1. The van der Waals surface area contributed by atoms with Crippen LogP contribution in [0.1, 0.15) is 32.8 Å². The maximum absolute atomic E-state index is 12.1. The summed E-state index contributed by atoms with van der Waals surface area (Å²) in [6.07, 6.45) is 1.99. The van der Waals surface area contributed by atoms with Gasteiger partial charge >= 0.3 is 0 Å². The Bertz CT molecular complexity index is 492. The molecule has 5 heteroatoms. The topological polar surface area (TPSA) is 66.4 Å². The Morgan fingerprint density at radius 2 is 1.79 bits per heavy atom. The molecule has 0 fully saturated rings. The number of hydrogen-bond acceptors (Lipinski definition) is 3. The van der Waals surface area contributed by atoms with Crippen LogP contribution in [0.4, 0.5) is 0 Å². The minimum absolute atomic E-state index is 0.0645. The molecule has 0 saturated carbocycles. The molecule has 0 aliphatic carbocycles. The molecule has 19 heavy (non-hydrogen) atoms. The molecule has 0 unspecified atom stereocenters. The van der Waals surface area contributed by atoms with E-state index in [1.165, 1.54) is 0 Å². The summed E-state index contributed by atoms with van der Waals surface area (Å²) in [7, 11) is -3.50. The van der Waals surface area contributed by atoms with Crippen molar-refractivity contribution in [3.63, 3.8) is 0 Å². The van der Waals surface area contributed by atoms with Crippen LogP contribution in [-0.2, 0) is 16.4 Å². The van der Waals surface area contributed by atoms with Crippen molar-refractivity contribution < 1.29 is 13.5 Å². The molecule has 1 aromatic carbocycles. The van der Waals surface area contributed by atoms with E-state index in [0.717, 1.165) is 18.4 Å². The van der Waals surface area contributed by atoms with Gasteiger partial charge in [-0.25, -0.2) is 13.1 Å². The summed E-state index contributed by atoms with van der Waals surface area (Å²) in [6, 6.07) is 6.93. The van der Waals surface area contributed by atoms with Gasteiger partial charge in [0.05, 0.1) is 4.90 Å². The average Bonchev–Trinajstić information content (AvgIpc) is 2.38. The second-order valence-electron chi connectivity index (χ2n) is 5.54. The molecular weight excluding hydrogens is 262 g/mol. The highest BCUT2D eigenvalue weighted by Gasteiger charge is 2.21. The molecule has 0 aliphatic rings. The molecule has 0 spiro atoms. The van der Waals surface area contributed by atoms with Gasteiger partial charge in [-0.15, -0.1) is 0 Å². The van der Waals surface area contributed by atoms with Crippen LogP contribution in [0.15, 0.2) is 29.2 Å². The lowest BCUT2D eigenvalue weighted by Crippen LogP contribution is -2.36. The Morgan fingerprint density at radius 3 is 2.26 bits per heavy atom. The molecule has 1 aromatic rings. The maximum Gasteiger partial charge on any atom is 0.240 e. The number of rotatable bonds is 7. The average molecular weight is 285 g/mol. The fraction of sp³-hybridized carbons (Fsp3) is 0.571. The predicted molar refractivity (Wildman–Crippen MR) is 76.5 cm³/mol. The predicted octanol–water partition coefficient (Wildman–Crippen LogP) is 1.94. The van der Waals surface area contributed by atoms with Crippen LogP contribution in [0.3, 0.4) is 0 Å². The van der Waals surface area contributed by atoms with E-state index in [-0.39, 0.29) is 18.0 Å². The van der Waals surface area contributed by atoms with E-state index >= 15 is 0 Å². The first-order valence-corrected chi connectivity index (χ1v) is 7.98. The van der Waals surface area contributed by atoms with Gasteiger partial charge in [-0.05, 0) is 24.1 Å². The minimum Gasteiger partial charge on any atom is -0.396 e. The van der Waals surface area contributed by atoms with Gasteiger partial charge in [0.2, 0.25) is 10.0 Å². The van der Waals surface area contributed by atoms with Crippen molar-refractivity contribution in [2.24, 2.45) is 5.41 Å². The number of benzene rings is 1. The minimum atomic E-state index is -3.50. The standard InChI is InChI=1S/C14H23NO3S/c1-4-5-12-6-8-13(9-7-12)19(17,18)15-10-14(2,3)11-16/h6-9,15-16H,4-5,10-11H2,1-3H3. The largest absolute Gasteiger partial charge is 0.396 e. The fourth-order valence-corrected chi connectivity index (χ4v) is 2.80. The van der Waals surface area contributed by atoms with E-state index in [0.29, 0.717) is 0 Å². The molecule has 0 bridgehead atoms. The Morgan fingerprint density at radius 1 is 1.21 bits per heavy atom. The van der Waals surface area contributed by atoms with Gasteiger partial charge in [-0.1, -0.05) is 39.3 Å². The van der Waals surface area contributed by atoms with Crippen molar-refractivity contribution >= 4 is 10.0 Å². The summed E-state index contributed by atoms with van der Waals surface area (Å²) >= 11 is 0. The van der Waals surface area contributed by atoms with Gasteiger partial charge in [0.15, 0.2) is 0 Å². The first-order valence-electron chi connectivity index (χ1n) is 6.50. The van der Waals surface area contributed by atoms with Crippen LogP contribution >= 0.6 is 0 Å². The van der Waals surface area contributed by atoms with Crippen molar-refractivity contribution in [3.8, 4) is 0 Å². The van der Waals surface area contributed by atoms with Gasteiger partial charge in [-0.2, -0.15) is 0 Å². The van der Waals surface area contributed by atoms with Gasteiger partial charge in [-0.3, -0.25) is 0 Å². The summed E-state index contributed by atoms with van der Waals surface area (Å²) in [5, 5.41) is 9.12. The van der Waals surface area contributed by atoms with Gasteiger partial charge in [0.1, 0.15) is 0 Å². The highest BCUT2D eigenvalue weighted by Crippen LogP contribution is 2.15. The third-order valence-electron chi connectivity index (χ3n) is 2.94. The van der Waals surface area contributed by atoms with Crippen molar-refractivity contribution in [1.29, 1.82) is 0 Å². The number of aryl methyl sites for hydroxylation is 1. The SMILES string of the molecule is CCCc1ccc(S(=O)(=O)NCC(C)(C)CO)cc1. The fourth-order valence-electron chi connectivity index (χ4n) is 1.55. The zero-order valence-electron chi connectivity index (χ0n) is 11.8. The Balaban J connectivity index is 2.77. The summed E-state index contributed by atoms with van der Waals surface area (Å²) < 4.78 is 26.7. The van der Waals surface area contributed by atoms with Crippen molar-refractivity contribution in [3.05, 3.63) is 29.8 Å². The highest BCUT2D eigenvalue weighted by molar-refractivity contribution is 7.89. The molecular formula is C14H23NO3S. The highest BCUT2D eigenvalue weighted by atomic mass is 32.2. The normalized spacial score (nSPS) is 12.6. The summed E-state index contributed by atoms with van der Waals surface area (Å²) in [4.78, 5) is 0.265. The summed E-state index contributed by atoms with van der Waals surface area (Å²) in [5.41, 5.74) is 0.673. The molecule has 0 saturated heterocycles. The number of hydrogen-bond donors (Lipinski definition) is 2. The smallest absolute Gasteiger partial charge is 0.240 e. The lowest BCUT2D eigenvalue weighted by atomic mass is 9.96. The van der Waals surface area contributed by atoms with E-state index in [4.69, 9.17) is 5.11 Å². The molecule has 108 valence electrons. The third kappa shape index (κ3) is 4.93. The lowest BCUT2D eigenvalue weighted by Gasteiger charge is -2.21. The zero-order valence-corrected chi connectivity index (χ0v) is 12.6. The lowest BCUT2D eigenvalue weighted by molar-refractivity contribution is 0.163. The van der Waals surface area contributed by atoms with Crippen molar-refractivity contribution in [1.82, 2.24) is 4.72 Å². The van der Waals surface area contributed by atoms with E-state index in [1.54, 1.807) is 26.0 Å². The number of aliphatic hydroxyl groups excluding tert-OH is 1. The molecule has 0 aromatic heterocycles. The molecule has 0 atom stereocenters. The summed E-state index contributed by atoms with van der Waals surface area (Å²) in [5.74, 6) is 0. The van der Waals surface area contributed by atoms with Gasteiger partial charge < -0.3 is 5.11 Å². The van der Waals surface area contributed by atoms with E-state index < -0.39 is 15.4 Å². The Labute approximate surface area is 115 Å². The Hall–Kier alpha value is -0.910. The van der Waals surface area contributed by atoms with E-state index in [9.17, 15) is 8.42 Å². The zero-order chi connectivity index (χ0) is 14.5. The first kappa shape index (κ1) is 16.1. The van der Waals surface area contributed by atoms with Gasteiger partial charge in [0.25, 0.3) is 0 Å². The van der Waals surface area contributed by atoms with Crippen molar-refractivity contribution in [2.45, 2.75) is 38.5 Å². The van der Waals surface area contributed by atoms with E-state index in [2.05, 4.69) is 11.6 Å². The van der Waals surface area contributed by atoms with Crippen LogP contribution in [0.25, 0.3) is 0 Å². The third-order valence-corrected chi connectivity index (χ3v) is 4.36. The second kappa shape index (κ2) is 6.50. The van der Waals surface area contributed by atoms with Crippen LogP contribution < -0.4 is 4.72 Å². The molecule has 2 N–H and O–H groups in total. The quantitative estimate of drug-likeness (QED) is 0.804. The van der Waals surface area contributed by atoms with Crippen LogP contribution in [0.2, 0.25) is 0 Å². The molecule has 0 heterocycles. The van der Waals surface area contributed by atoms with Crippen LogP contribution in [-0.4, -0.2) is 26.7 Å². The Kier molecular flexibility index (Phi) is 5.52. The molecule has 0 aliphatic heterocycles. The molecule has 0 amide bonds. The van der Waals surface area contributed by atoms with Crippen LogP contribution in [0.5, 0.6) is 0 Å². The second-order valence-corrected chi connectivity index (χ2v) is 7.31. The van der Waals surface area contributed by atoms with E-state index in [1.807, 2.05) is 12.1 Å². The molecule has 0 radical (unpaired) electrons. The molecule has 1 rings (SSSR count). The first-order chi connectivity index (χ1) is 8.80.